The van der Waals surface area contributed by atoms with Gasteiger partial charge in [0.1, 0.15) is 0 Å². The number of carbonyl (C=O) groups is 3. The fraction of sp³-hybridized carbons (Fsp3) is 0.550. The second kappa shape index (κ2) is 6.64. The second-order valence-electron chi connectivity index (χ2n) is 7.91. The first kappa shape index (κ1) is 18.0. The van der Waals surface area contributed by atoms with Crippen LogP contribution in [0, 0.1) is 11.3 Å². The van der Waals surface area contributed by atoms with E-state index in [-0.39, 0.29) is 36.4 Å². The molecule has 3 aliphatic heterocycles. The molecule has 0 unspecified atom stereocenters. The van der Waals surface area contributed by atoms with E-state index in [1.165, 1.54) is 7.11 Å². The van der Waals surface area contributed by atoms with Crippen molar-refractivity contribution in [3.05, 3.63) is 35.9 Å². The number of hydrogen-bond acceptors (Lipinski definition) is 5. The van der Waals surface area contributed by atoms with E-state index < -0.39 is 11.3 Å². The average molecular weight is 372 g/mol. The van der Waals surface area contributed by atoms with Gasteiger partial charge in [0.15, 0.2) is 0 Å². The Morgan fingerprint density at radius 3 is 2.52 bits per heavy atom. The lowest BCUT2D eigenvalue weighted by Gasteiger charge is -2.45. The molecule has 0 aliphatic carbocycles. The Kier molecular flexibility index (Phi) is 4.42. The molecule has 0 saturated carbocycles. The smallest absolute Gasteiger partial charge is 0.311 e. The lowest BCUT2D eigenvalue weighted by atomic mass is 9.86. The van der Waals surface area contributed by atoms with Crippen molar-refractivity contribution in [2.75, 3.05) is 33.4 Å². The van der Waals surface area contributed by atoms with Crippen LogP contribution in [0.25, 0.3) is 0 Å². The number of amides is 2. The van der Waals surface area contributed by atoms with Crippen molar-refractivity contribution in [1.82, 2.24) is 9.80 Å². The van der Waals surface area contributed by atoms with Crippen LogP contribution in [-0.2, 0) is 23.9 Å². The van der Waals surface area contributed by atoms with Crippen LogP contribution in [0.5, 0.6) is 0 Å². The zero-order valence-corrected chi connectivity index (χ0v) is 15.6. The number of benzene rings is 1. The second-order valence-corrected chi connectivity index (χ2v) is 7.91. The first-order chi connectivity index (χ1) is 12.9. The van der Waals surface area contributed by atoms with Gasteiger partial charge in [-0.3, -0.25) is 14.4 Å². The van der Waals surface area contributed by atoms with Gasteiger partial charge in [0.25, 0.3) is 0 Å². The van der Waals surface area contributed by atoms with Gasteiger partial charge >= 0.3 is 5.97 Å². The van der Waals surface area contributed by atoms with Crippen molar-refractivity contribution in [2.24, 2.45) is 11.3 Å². The number of rotatable bonds is 3. The highest BCUT2D eigenvalue weighted by atomic mass is 16.5. The van der Waals surface area contributed by atoms with Gasteiger partial charge in [0, 0.05) is 6.54 Å². The van der Waals surface area contributed by atoms with Crippen molar-refractivity contribution in [3.8, 4) is 0 Å². The van der Waals surface area contributed by atoms with Crippen molar-refractivity contribution >= 4 is 17.8 Å². The van der Waals surface area contributed by atoms with E-state index in [0.717, 1.165) is 5.56 Å². The summed E-state index contributed by atoms with van der Waals surface area (Å²) in [6.45, 7) is 3.14. The van der Waals surface area contributed by atoms with Crippen LogP contribution < -0.4 is 0 Å². The van der Waals surface area contributed by atoms with Crippen LogP contribution >= 0.6 is 0 Å². The maximum Gasteiger partial charge on any atom is 0.311 e. The zero-order valence-electron chi connectivity index (χ0n) is 15.6. The van der Waals surface area contributed by atoms with Crippen LogP contribution in [0.15, 0.2) is 30.3 Å². The third kappa shape index (κ3) is 2.90. The predicted molar refractivity (Wildman–Crippen MR) is 95.4 cm³/mol. The van der Waals surface area contributed by atoms with Gasteiger partial charge in [-0.2, -0.15) is 0 Å². The minimum atomic E-state index is -0.540. The van der Waals surface area contributed by atoms with E-state index in [4.69, 9.17) is 9.47 Å². The molecule has 1 aromatic rings. The molecule has 3 fully saturated rings. The molecule has 4 rings (SSSR count). The summed E-state index contributed by atoms with van der Waals surface area (Å²) in [7, 11) is 1.37. The SMILES string of the molecule is COC(=O)[C@H]1C[C@H]2CN(C(=O)C3(C)COC3)CC(=O)N2[C@H]1c1ccccc1. The molecule has 144 valence electrons. The first-order valence-corrected chi connectivity index (χ1v) is 9.25. The van der Waals surface area contributed by atoms with Crippen molar-refractivity contribution in [1.29, 1.82) is 0 Å². The van der Waals surface area contributed by atoms with E-state index in [0.29, 0.717) is 26.2 Å². The van der Waals surface area contributed by atoms with Gasteiger partial charge in [-0.05, 0) is 18.9 Å². The van der Waals surface area contributed by atoms with E-state index in [1.54, 1.807) is 9.80 Å². The quantitative estimate of drug-likeness (QED) is 0.740. The molecule has 27 heavy (non-hydrogen) atoms. The van der Waals surface area contributed by atoms with Crippen LogP contribution in [0.4, 0.5) is 0 Å². The molecule has 7 nitrogen and oxygen atoms in total. The Hall–Kier alpha value is -2.41. The predicted octanol–water partition coefficient (Wildman–Crippen LogP) is 0.996. The maximum atomic E-state index is 13.0. The van der Waals surface area contributed by atoms with E-state index in [2.05, 4.69) is 0 Å². The third-order valence-electron chi connectivity index (χ3n) is 5.94. The molecular formula is C20H24N2O5. The number of ether oxygens (including phenoxy) is 2. The summed E-state index contributed by atoms with van der Waals surface area (Å²) in [5.41, 5.74) is 0.379. The average Bonchev–Trinajstić information content (AvgIpc) is 3.05. The molecular weight excluding hydrogens is 348 g/mol. The van der Waals surface area contributed by atoms with E-state index >= 15 is 0 Å². The van der Waals surface area contributed by atoms with Crippen LogP contribution in [0.1, 0.15) is 24.9 Å². The number of hydrogen-bond donors (Lipinski definition) is 0. The molecule has 0 bridgehead atoms. The molecule has 3 heterocycles. The normalized spacial score (nSPS) is 29.1. The Bertz CT molecular complexity index is 761. The number of carbonyl (C=O) groups excluding carboxylic acids is 3. The van der Waals surface area contributed by atoms with Gasteiger partial charge in [0.05, 0.1) is 50.3 Å². The third-order valence-corrected chi connectivity index (χ3v) is 5.94. The number of nitrogens with zero attached hydrogens (tertiary/aromatic N) is 2. The summed E-state index contributed by atoms with van der Waals surface area (Å²) in [5, 5.41) is 0. The minimum Gasteiger partial charge on any atom is -0.469 e. The molecule has 1 aromatic carbocycles. The summed E-state index contributed by atoms with van der Waals surface area (Å²) in [4.78, 5) is 41.7. The highest BCUT2D eigenvalue weighted by Gasteiger charge is 2.53. The van der Waals surface area contributed by atoms with Crippen LogP contribution in [-0.4, -0.2) is 67.0 Å². The Morgan fingerprint density at radius 2 is 1.93 bits per heavy atom. The van der Waals surface area contributed by atoms with Gasteiger partial charge in [-0.25, -0.2) is 0 Å². The van der Waals surface area contributed by atoms with Gasteiger partial charge in [-0.15, -0.1) is 0 Å². The summed E-state index contributed by atoms with van der Waals surface area (Å²) in [6.07, 6.45) is 0.495. The summed E-state index contributed by atoms with van der Waals surface area (Å²) < 4.78 is 10.2. The van der Waals surface area contributed by atoms with Crippen molar-refractivity contribution < 1.29 is 23.9 Å². The van der Waals surface area contributed by atoms with Crippen LogP contribution in [0.2, 0.25) is 0 Å². The first-order valence-electron chi connectivity index (χ1n) is 9.25. The summed E-state index contributed by atoms with van der Waals surface area (Å²) in [5.74, 6) is -0.907. The van der Waals surface area contributed by atoms with Crippen LogP contribution in [0.3, 0.4) is 0 Å². The molecule has 0 spiro atoms. The maximum absolute atomic E-state index is 13.0. The topological polar surface area (TPSA) is 76.1 Å². The summed E-state index contributed by atoms with van der Waals surface area (Å²) >= 11 is 0. The zero-order chi connectivity index (χ0) is 19.2. The largest absolute Gasteiger partial charge is 0.469 e. The fourth-order valence-electron chi connectivity index (χ4n) is 4.53. The number of piperazine rings is 1. The standard InChI is InChI=1S/C20H24N2O5/c1-20(11-27-12-20)19(25)21-9-14-8-15(18(24)26-2)17(22(14)16(23)10-21)13-6-4-3-5-7-13/h3-7,14-15,17H,8-12H2,1-2H3/t14-,15-,17-/m0/s1. The molecule has 0 aromatic heterocycles. The Labute approximate surface area is 158 Å². The van der Waals surface area contributed by atoms with Gasteiger partial charge < -0.3 is 19.3 Å². The lowest BCUT2D eigenvalue weighted by Crippen LogP contribution is -2.61. The molecule has 3 saturated heterocycles. The summed E-state index contributed by atoms with van der Waals surface area (Å²) in [6, 6.07) is 9.03. The number of methoxy groups -OCH3 is 1. The van der Waals surface area contributed by atoms with Crippen molar-refractivity contribution in [2.45, 2.75) is 25.4 Å². The van der Waals surface area contributed by atoms with Gasteiger partial charge in [0.2, 0.25) is 11.8 Å². The van der Waals surface area contributed by atoms with Crippen molar-refractivity contribution in [3.63, 3.8) is 0 Å². The molecule has 0 radical (unpaired) electrons. The Morgan fingerprint density at radius 1 is 1.22 bits per heavy atom. The fourth-order valence-corrected chi connectivity index (χ4v) is 4.53. The van der Waals surface area contributed by atoms with E-state index in [1.807, 2.05) is 37.3 Å². The minimum absolute atomic E-state index is 0.0421. The molecule has 0 N–H and O–H groups in total. The molecule has 7 heteroatoms. The van der Waals surface area contributed by atoms with Gasteiger partial charge in [-0.1, -0.05) is 30.3 Å². The lowest BCUT2D eigenvalue weighted by molar-refractivity contribution is -0.174. The molecule has 3 aliphatic rings. The molecule has 3 atom stereocenters. The highest BCUT2D eigenvalue weighted by molar-refractivity contribution is 5.90. The van der Waals surface area contributed by atoms with E-state index in [9.17, 15) is 14.4 Å². The number of esters is 1. The number of fused-ring (bicyclic) bond motifs is 1. The monoisotopic (exact) mass is 372 g/mol. The Balaban J connectivity index is 1.62. The molecule has 2 amide bonds. The highest BCUT2D eigenvalue weighted by Crippen LogP contribution is 2.44.